The molecule has 2 aromatic rings. The van der Waals surface area contributed by atoms with Gasteiger partial charge in [-0.05, 0) is 24.6 Å². The van der Waals surface area contributed by atoms with Crippen LogP contribution in [0.5, 0.6) is 0 Å². The molecule has 0 saturated heterocycles. The van der Waals surface area contributed by atoms with E-state index in [-0.39, 0.29) is 23.5 Å². The van der Waals surface area contributed by atoms with E-state index >= 15 is 0 Å². The normalized spacial score (nSPS) is 10.5. The van der Waals surface area contributed by atoms with Crippen molar-refractivity contribution < 1.29 is 9.59 Å². The molecule has 0 fully saturated rings. The highest BCUT2D eigenvalue weighted by atomic mass is 35.5. The molecule has 0 aliphatic rings. The number of para-hydroxylation sites is 1. The number of anilines is 1. The smallest absolute Gasteiger partial charge is 0.274 e. The molecular weight excluding hydrogens is 391 g/mol. The van der Waals surface area contributed by atoms with Gasteiger partial charge in [-0.25, -0.2) is 4.68 Å². The zero-order valence-electron chi connectivity index (χ0n) is 15.0. The number of carbonyl (C=O) groups excluding carboxylic acids is 2. The molecule has 1 aromatic carbocycles. The summed E-state index contributed by atoms with van der Waals surface area (Å²) in [6.45, 7) is 2.21. The number of amides is 2. The van der Waals surface area contributed by atoms with Crippen molar-refractivity contribution in [2.45, 2.75) is 26.3 Å². The number of aromatic nitrogens is 2. The Balaban J connectivity index is 2.07. The number of rotatable bonds is 7. The van der Waals surface area contributed by atoms with Crippen LogP contribution < -0.4 is 10.9 Å². The molecule has 0 aliphatic carbocycles. The van der Waals surface area contributed by atoms with Crippen molar-refractivity contribution in [3.05, 3.63) is 56.4 Å². The molecule has 1 heterocycles. The number of carbonyl (C=O) groups is 2. The Morgan fingerprint density at radius 2 is 1.85 bits per heavy atom. The highest BCUT2D eigenvalue weighted by Crippen LogP contribution is 2.29. The van der Waals surface area contributed by atoms with Crippen LogP contribution in [0.2, 0.25) is 10.0 Å². The molecule has 1 aromatic heterocycles. The zero-order valence-corrected chi connectivity index (χ0v) is 16.5. The molecule has 0 saturated carbocycles. The second kappa shape index (κ2) is 9.53. The average molecular weight is 411 g/mol. The summed E-state index contributed by atoms with van der Waals surface area (Å²) in [5, 5.41) is 7.28. The van der Waals surface area contributed by atoms with Gasteiger partial charge in [0.05, 0.1) is 22.3 Å². The number of hydrogen-bond donors (Lipinski definition) is 1. The Hall–Kier alpha value is -2.38. The highest BCUT2D eigenvalue weighted by molar-refractivity contribution is 6.39. The van der Waals surface area contributed by atoms with Gasteiger partial charge in [-0.1, -0.05) is 42.6 Å². The predicted molar refractivity (Wildman–Crippen MR) is 105 cm³/mol. The number of nitrogens with one attached hydrogen (secondary N) is 1. The second-order valence-electron chi connectivity index (χ2n) is 5.94. The fourth-order valence-electron chi connectivity index (χ4n) is 2.31. The number of benzene rings is 1. The Morgan fingerprint density at radius 3 is 2.48 bits per heavy atom. The van der Waals surface area contributed by atoms with Gasteiger partial charge in [-0.2, -0.15) is 5.10 Å². The molecule has 0 radical (unpaired) electrons. The summed E-state index contributed by atoms with van der Waals surface area (Å²) in [6, 6.07) is 7.51. The molecule has 9 heteroatoms. The summed E-state index contributed by atoms with van der Waals surface area (Å²) in [5.41, 5.74) is 0.114. The lowest BCUT2D eigenvalue weighted by atomic mass is 10.3. The molecule has 0 unspecified atom stereocenters. The van der Waals surface area contributed by atoms with Crippen molar-refractivity contribution in [3.8, 4) is 0 Å². The maximum Gasteiger partial charge on any atom is 0.274 e. The van der Waals surface area contributed by atoms with E-state index in [0.717, 1.165) is 12.8 Å². The first-order valence-electron chi connectivity index (χ1n) is 8.41. The van der Waals surface area contributed by atoms with Crippen LogP contribution in [0.25, 0.3) is 0 Å². The van der Waals surface area contributed by atoms with Gasteiger partial charge in [0.1, 0.15) is 5.69 Å². The summed E-state index contributed by atoms with van der Waals surface area (Å²) in [6.07, 6.45) is 1.68. The van der Waals surface area contributed by atoms with E-state index in [4.69, 9.17) is 23.2 Å². The van der Waals surface area contributed by atoms with Crippen LogP contribution in [-0.4, -0.2) is 40.1 Å². The summed E-state index contributed by atoms with van der Waals surface area (Å²) < 4.78 is 1.26. The molecule has 2 amide bonds. The van der Waals surface area contributed by atoms with Gasteiger partial charge in [-0.15, -0.1) is 0 Å². The van der Waals surface area contributed by atoms with Crippen molar-refractivity contribution in [1.29, 1.82) is 0 Å². The van der Waals surface area contributed by atoms with E-state index < -0.39 is 11.8 Å². The van der Waals surface area contributed by atoms with Crippen molar-refractivity contribution in [2.75, 3.05) is 18.9 Å². The number of unbranched alkanes of at least 4 members (excludes halogenated alkanes) is 1. The fourth-order valence-corrected chi connectivity index (χ4v) is 2.80. The van der Waals surface area contributed by atoms with E-state index in [2.05, 4.69) is 10.4 Å². The van der Waals surface area contributed by atoms with Crippen LogP contribution in [0.3, 0.4) is 0 Å². The summed E-state index contributed by atoms with van der Waals surface area (Å²) in [7, 11) is 1.47. The fraction of sp³-hybridized carbons (Fsp3) is 0.333. The Morgan fingerprint density at radius 1 is 1.19 bits per heavy atom. The predicted octanol–water partition coefficient (Wildman–Crippen LogP) is 3.06. The lowest BCUT2D eigenvalue weighted by Crippen LogP contribution is -2.36. The minimum Gasteiger partial charge on any atom is -0.331 e. The molecule has 144 valence electrons. The Labute approximate surface area is 166 Å². The van der Waals surface area contributed by atoms with Gasteiger partial charge < -0.3 is 10.2 Å². The standard InChI is InChI=1S/C18H20Cl2N4O3/c1-3-4-10-24-16(26)9-8-14(22-24)18(27)23(2)11-15(25)21-17-12(19)6-5-7-13(17)20/h5-9H,3-4,10-11H2,1-2H3,(H,21,25). The summed E-state index contributed by atoms with van der Waals surface area (Å²) in [4.78, 5) is 37.8. The van der Waals surface area contributed by atoms with Gasteiger partial charge >= 0.3 is 0 Å². The number of likely N-dealkylation sites (N-methyl/N-ethyl adjacent to an activating group) is 1. The molecule has 0 atom stereocenters. The minimum absolute atomic E-state index is 0.0942. The van der Waals surface area contributed by atoms with E-state index in [0.29, 0.717) is 16.6 Å². The first kappa shape index (κ1) is 20.9. The average Bonchev–Trinajstić information content (AvgIpc) is 2.63. The Bertz CT molecular complexity index is 878. The topological polar surface area (TPSA) is 84.3 Å². The quantitative estimate of drug-likeness (QED) is 0.759. The molecular formula is C18H20Cl2N4O3. The van der Waals surface area contributed by atoms with Crippen LogP contribution >= 0.6 is 23.2 Å². The van der Waals surface area contributed by atoms with Gasteiger partial charge in [-0.3, -0.25) is 14.4 Å². The van der Waals surface area contributed by atoms with Crippen molar-refractivity contribution in [1.82, 2.24) is 14.7 Å². The summed E-state index contributed by atoms with van der Waals surface area (Å²) in [5.74, 6) is -0.930. The minimum atomic E-state index is -0.472. The van der Waals surface area contributed by atoms with Crippen LogP contribution in [0, 0.1) is 0 Å². The molecule has 0 aliphatic heterocycles. The lowest BCUT2D eigenvalue weighted by Gasteiger charge is -2.17. The van der Waals surface area contributed by atoms with E-state index in [1.807, 2.05) is 6.92 Å². The van der Waals surface area contributed by atoms with E-state index in [9.17, 15) is 14.4 Å². The number of halogens is 2. The van der Waals surface area contributed by atoms with Crippen molar-refractivity contribution >= 4 is 40.7 Å². The van der Waals surface area contributed by atoms with Crippen molar-refractivity contribution in [2.24, 2.45) is 0 Å². The molecule has 27 heavy (non-hydrogen) atoms. The van der Waals surface area contributed by atoms with Crippen LogP contribution in [-0.2, 0) is 11.3 Å². The molecule has 2 rings (SSSR count). The third-order valence-corrected chi connectivity index (χ3v) is 4.39. The highest BCUT2D eigenvalue weighted by Gasteiger charge is 2.18. The molecule has 0 spiro atoms. The SMILES string of the molecule is CCCCn1nc(C(=O)N(C)CC(=O)Nc2c(Cl)cccc2Cl)ccc1=O. The number of hydrogen-bond acceptors (Lipinski definition) is 4. The van der Waals surface area contributed by atoms with Crippen LogP contribution in [0.15, 0.2) is 35.1 Å². The second-order valence-corrected chi connectivity index (χ2v) is 6.75. The monoisotopic (exact) mass is 410 g/mol. The largest absolute Gasteiger partial charge is 0.331 e. The van der Waals surface area contributed by atoms with Gasteiger partial charge in [0.2, 0.25) is 5.91 Å². The zero-order chi connectivity index (χ0) is 20.0. The number of aryl methyl sites for hydroxylation is 1. The summed E-state index contributed by atoms with van der Waals surface area (Å²) >= 11 is 12.0. The van der Waals surface area contributed by atoms with E-state index in [1.54, 1.807) is 18.2 Å². The van der Waals surface area contributed by atoms with Gasteiger partial charge in [0, 0.05) is 19.7 Å². The number of nitrogens with zero attached hydrogens (tertiary/aromatic N) is 3. The first-order chi connectivity index (χ1) is 12.8. The van der Waals surface area contributed by atoms with Gasteiger partial charge in [0.25, 0.3) is 11.5 Å². The molecule has 7 nitrogen and oxygen atoms in total. The third kappa shape index (κ3) is 5.55. The van der Waals surface area contributed by atoms with E-state index in [1.165, 1.54) is 28.8 Å². The van der Waals surface area contributed by atoms with Crippen LogP contribution in [0.4, 0.5) is 5.69 Å². The lowest BCUT2D eigenvalue weighted by molar-refractivity contribution is -0.116. The molecule has 1 N–H and O–H groups in total. The van der Waals surface area contributed by atoms with Crippen LogP contribution in [0.1, 0.15) is 30.3 Å². The molecule has 0 bridgehead atoms. The maximum atomic E-state index is 12.5. The maximum absolute atomic E-state index is 12.5. The first-order valence-corrected chi connectivity index (χ1v) is 9.16. The third-order valence-electron chi connectivity index (χ3n) is 3.76. The van der Waals surface area contributed by atoms with Crippen molar-refractivity contribution in [3.63, 3.8) is 0 Å². The Kier molecular flexibility index (Phi) is 7.38. The van der Waals surface area contributed by atoms with Gasteiger partial charge in [0.15, 0.2) is 0 Å².